The van der Waals surface area contributed by atoms with Crippen LogP contribution < -0.4 is 16.0 Å². The first-order chi connectivity index (χ1) is 10.7. The van der Waals surface area contributed by atoms with Crippen molar-refractivity contribution in [2.24, 2.45) is 11.8 Å². The molecule has 6 heteroatoms. The molecule has 1 saturated heterocycles. The van der Waals surface area contributed by atoms with Gasteiger partial charge >= 0.3 is 0 Å². The Morgan fingerprint density at radius 1 is 1.41 bits per heavy atom. The van der Waals surface area contributed by atoms with E-state index in [4.69, 9.17) is 4.42 Å². The number of rotatable bonds is 7. The molecule has 1 fully saturated rings. The molecule has 0 bridgehead atoms. The Bertz CT molecular complexity index is 467. The summed E-state index contributed by atoms with van der Waals surface area (Å²) in [5.41, 5.74) is 0. The highest BCUT2D eigenvalue weighted by molar-refractivity contribution is 5.91. The predicted octanol–water partition coefficient (Wildman–Crippen LogP) is 1.15. The molecule has 22 heavy (non-hydrogen) atoms. The fraction of sp³-hybridized carbons (Fsp3) is 0.625. The fourth-order valence-electron chi connectivity index (χ4n) is 2.77. The van der Waals surface area contributed by atoms with Gasteiger partial charge < -0.3 is 20.4 Å². The van der Waals surface area contributed by atoms with Crippen LogP contribution in [0.5, 0.6) is 0 Å². The number of amides is 2. The van der Waals surface area contributed by atoms with Crippen LogP contribution in [0.4, 0.5) is 0 Å². The van der Waals surface area contributed by atoms with Gasteiger partial charge in [0.2, 0.25) is 5.91 Å². The molecule has 2 heterocycles. The Balaban J connectivity index is 1.58. The first-order valence-electron chi connectivity index (χ1n) is 7.96. The lowest BCUT2D eigenvalue weighted by atomic mass is 9.85. The van der Waals surface area contributed by atoms with E-state index in [0.29, 0.717) is 31.3 Å². The number of furan rings is 1. The summed E-state index contributed by atoms with van der Waals surface area (Å²) in [7, 11) is 0. The molecular formula is C16H25N3O3. The summed E-state index contributed by atoms with van der Waals surface area (Å²) in [5.74, 6) is 1.03. The number of carbonyl (C=O) groups is 2. The first-order valence-corrected chi connectivity index (χ1v) is 7.96. The Labute approximate surface area is 131 Å². The van der Waals surface area contributed by atoms with Gasteiger partial charge in [-0.15, -0.1) is 0 Å². The highest BCUT2D eigenvalue weighted by Gasteiger charge is 2.21. The highest BCUT2D eigenvalue weighted by Crippen LogP contribution is 2.22. The minimum absolute atomic E-state index is 0.0466. The van der Waals surface area contributed by atoms with Crippen molar-refractivity contribution in [3.05, 3.63) is 24.2 Å². The monoisotopic (exact) mass is 307 g/mol. The SMILES string of the molecule is CC(CC(=O)NCCNC(=O)c1ccco1)C1CCCNC1. The molecule has 2 unspecified atom stereocenters. The molecule has 0 aliphatic carbocycles. The van der Waals surface area contributed by atoms with Gasteiger partial charge in [0.15, 0.2) is 5.76 Å². The quantitative estimate of drug-likeness (QED) is 0.660. The number of hydrogen-bond acceptors (Lipinski definition) is 4. The van der Waals surface area contributed by atoms with E-state index in [9.17, 15) is 9.59 Å². The summed E-state index contributed by atoms with van der Waals surface area (Å²) in [4.78, 5) is 23.5. The van der Waals surface area contributed by atoms with E-state index in [0.717, 1.165) is 13.1 Å². The van der Waals surface area contributed by atoms with Crippen LogP contribution in [-0.4, -0.2) is 38.0 Å². The number of piperidine rings is 1. The molecule has 1 aromatic heterocycles. The van der Waals surface area contributed by atoms with Gasteiger partial charge in [0, 0.05) is 19.5 Å². The standard InChI is InChI=1S/C16H25N3O3/c1-12(13-4-2-6-17-11-13)10-15(20)18-7-8-19-16(21)14-5-3-9-22-14/h3,5,9,12-13,17H,2,4,6-8,10-11H2,1H3,(H,18,20)(H,19,21). The van der Waals surface area contributed by atoms with Gasteiger partial charge in [-0.3, -0.25) is 9.59 Å². The second kappa shape index (κ2) is 8.58. The third-order valence-electron chi connectivity index (χ3n) is 4.12. The van der Waals surface area contributed by atoms with E-state index in [1.807, 2.05) is 0 Å². The van der Waals surface area contributed by atoms with E-state index in [1.165, 1.54) is 19.1 Å². The summed E-state index contributed by atoms with van der Waals surface area (Å²) in [5, 5.41) is 8.93. The Morgan fingerprint density at radius 2 is 2.23 bits per heavy atom. The second-order valence-corrected chi connectivity index (χ2v) is 5.87. The van der Waals surface area contributed by atoms with Crippen molar-refractivity contribution < 1.29 is 14.0 Å². The van der Waals surface area contributed by atoms with E-state index in [-0.39, 0.29) is 17.6 Å². The van der Waals surface area contributed by atoms with E-state index < -0.39 is 0 Å². The third kappa shape index (κ3) is 5.18. The minimum Gasteiger partial charge on any atom is -0.459 e. The van der Waals surface area contributed by atoms with Crippen LogP contribution in [0, 0.1) is 11.8 Å². The van der Waals surface area contributed by atoms with Gasteiger partial charge in [0.25, 0.3) is 5.91 Å². The molecule has 2 amide bonds. The molecule has 2 atom stereocenters. The van der Waals surface area contributed by atoms with Crippen LogP contribution in [0.2, 0.25) is 0 Å². The molecule has 0 aromatic carbocycles. The lowest BCUT2D eigenvalue weighted by molar-refractivity contribution is -0.122. The maximum absolute atomic E-state index is 11.9. The van der Waals surface area contributed by atoms with Crippen LogP contribution in [0.15, 0.2) is 22.8 Å². The Kier molecular flexibility index (Phi) is 6.45. The molecule has 0 saturated carbocycles. The number of nitrogens with one attached hydrogen (secondary N) is 3. The van der Waals surface area contributed by atoms with Crippen molar-refractivity contribution in [1.29, 1.82) is 0 Å². The summed E-state index contributed by atoms with van der Waals surface area (Å²) in [6.07, 6.45) is 4.38. The maximum Gasteiger partial charge on any atom is 0.287 e. The van der Waals surface area contributed by atoms with Gasteiger partial charge in [-0.2, -0.15) is 0 Å². The van der Waals surface area contributed by atoms with Gasteiger partial charge in [-0.1, -0.05) is 6.92 Å². The predicted molar refractivity (Wildman–Crippen MR) is 83.4 cm³/mol. The molecular weight excluding hydrogens is 282 g/mol. The summed E-state index contributed by atoms with van der Waals surface area (Å²) in [6.45, 7) is 5.06. The maximum atomic E-state index is 11.9. The topological polar surface area (TPSA) is 83.4 Å². The summed E-state index contributed by atoms with van der Waals surface area (Å²) >= 11 is 0. The third-order valence-corrected chi connectivity index (χ3v) is 4.12. The van der Waals surface area contributed by atoms with Gasteiger partial charge in [-0.05, 0) is 49.9 Å². The summed E-state index contributed by atoms with van der Waals surface area (Å²) < 4.78 is 4.99. The lowest BCUT2D eigenvalue weighted by Gasteiger charge is -2.28. The fourth-order valence-corrected chi connectivity index (χ4v) is 2.77. The van der Waals surface area contributed by atoms with Crippen molar-refractivity contribution in [1.82, 2.24) is 16.0 Å². The van der Waals surface area contributed by atoms with Crippen LogP contribution in [-0.2, 0) is 4.79 Å². The minimum atomic E-state index is -0.263. The molecule has 1 aliphatic heterocycles. The number of carbonyl (C=O) groups excluding carboxylic acids is 2. The van der Waals surface area contributed by atoms with E-state index in [2.05, 4.69) is 22.9 Å². The van der Waals surface area contributed by atoms with Crippen molar-refractivity contribution >= 4 is 11.8 Å². The average Bonchev–Trinajstić information content (AvgIpc) is 3.06. The second-order valence-electron chi connectivity index (χ2n) is 5.87. The van der Waals surface area contributed by atoms with Crippen LogP contribution >= 0.6 is 0 Å². The molecule has 1 aliphatic rings. The molecule has 122 valence electrons. The smallest absolute Gasteiger partial charge is 0.287 e. The zero-order valence-corrected chi connectivity index (χ0v) is 13.1. The van der Waals surface area contributed by atoms with Crippen LogP contribution in [0.1, 0.15) is 36.7 Å². The molecule has 2 rings (SSSR count). The Hall–Kier alpha value is -1.82. The van der Waals surface area contributed by atoms with Crippen LogP contribution in [0.25, 0.3) is 0 Å². The van der Waals surface area contributed by atoms with Crippen molar-refractivity contribution in [3.8, 4) is 0 Å². The normalized spacial score (nSPS) is 19.4. The van der Waals surface area contributed by atoms with Gasteiger partial charge in [0.1, 0.15) is 0 Å². The molecule has 0 radical (unpaired) electrons. The van der Waals surface area contributed by atoms with Gasteiger partial charge in [0.05, 0.1) is 6.26 Å². The average molecular weight is 307 g/mol. The molecule has 6 nitrogen and oxygen atoms in total. The lowest BCUT2D eigenvalue weighted by Crippen LogP contribution is -2.37. The van der Waals surface area contributed by atoms with Crippen molar-refractivity contribution in [2.45, 2.75) is 26.2 Å². The van der Waals surface area contributed by atoms with E-state index >= 15 is 0 Å². The zero-order valence-electron chi connectivity index (χ0n) is 13.1. The van der Waals surface area contributed by atoms with Crippen molar-refractivity contribution in [2.75, 3.05) is 26.2 Å². The van der Waals surface area contributed by atoms with Gasteiger partial charge in [-0.25, -0.2) is 0 Å². The summed E-state index contributed by atoms with van der Waals surface area (Å²) in [6, 6.07) is 3.27. The molecule has 3 N–H and O–H groups in total. The zero-order chi connectivity index (χ0) is 15.8. The largest absolute Gasteiger partial charge is 0.459 e. The molecule has 0 spiro atoms. The first kappa shape index (κ1) is 16.5. The Morgan fingerprint density at radius 3 is 2.91 bits per heavy atom. The number of hydrogen-bond donors (Lipinski definition) is 3. The van der Waals surface area contributed by atoms with Crippen molar-refractivity contribution in [3.63, 3.8) is 0 Å². The van der Waals surface area contributed by atoms with Crippen LogP contribution in [0.3, 0.4) is 0 Å². The highest BCUT2D eigenvalue weighted by atomic mass is 16.3. The van der Waals surface area contributed by atoms with E-state index in [1.54, 1.807) is 12.1 Å². The molecule has 1 aromatic rings.